The summed E-state index contributed by atoms with van der Waals surface area (Å²) in [5, 5.41) is 0. The molecule has 1 aromatic rings. The van der Waals surface area contributed by atoms with Crippen LogP contribution in [0.4, 0.5) is 10.6 Å². The molecular formula is C16H27N5O3. The average Bonchev–Trinajstić information content (AvgIpc) is 2.95. The number of imidazole rings is 1. The van der Waals surface area contributed by atoms with E-state index in [1.165, 1.54) is 0 Å². The minimum Gasteiger partial charge on any atom is -0.461 e. The topological polar surface area (TPSA) is 93.7 Å². The minimum atomic E-state index is -0.500. The molecule has 0 saturated carbocycles. The van der Waals surface area contributed by atoms with Gasteiger partial charge >= 0.3 is 12.0 Å². The van der Waals surface area contributed by atoms with Gasteiger partial charge in [0.2, 0.25) is 0 Å². The number of amides is 2. The number of ether oxygens (including phenoxy) is 1. The number of carbonyl (C=O) groups is 2. The molecule has 1 aliphatic rings. The van der Waals surface area contributed by atoms with Crippen molar-refractivity contribution in [2.24, 2.45) is 0 Å². The lowest BCUT2D eigenvalue weighted by molar-refractivity contribution is 0.0521. The van der Waals surface area contributed by atoms with E-state index in [0.29, 0.717) is 18.9 Å². The number of hydrogen-bond acceptors (Lipinski definition) is 5. The van der Waals surface area contributed by atoms with Gasteiger partial charge in [-0.05, 0) is 33.6 Å². The van der Waals surface area contributed by atoms with E-state index >= 15 is 0 Å². The molecule has 134 valence electrons. The van der Waals surface area contributed by atoms with Crippen molar-refractivity contribution in [1.29, 1.82) is 0 Å². The molecule has 1 aliphatic heterocycles. The van der Waals surface area contributed by atoms with Crippen LogP contribution in [0.3, 0.4) is 0 Å². The molecule has 24 heavy (non-hydrogen) atoms. The highest BCUT2D eigenvalue weighted by molar-refractivity contribution is 5.92. The van der Waals surface area contributed by atoms with Crippen LogP contribution in [0.5, 0.6) is 0 Å². The number of nitrogen functional groups attached to an aromatic ring is 1. The summed E-state index contributed by atoms with van der Waals surface area (Å²) >= 11 is 0. The number of carbonyl (C=O) groups excluding carboxylic acids is 2. The highest BCUT2D eigenvalue weighted by atomic mass is 16.5. The summed E-state index contributed by atoms with van der Waals surface area (Å²) in [6.45, 7) is 7.34. The van der Waals surface area contributed by atoms with Crippen LogP contribution in [0, 0.1) is 0 Å². The molecule has 8 nitrogen and oxygen atoms in total. The van der Waals surface area contributed by atoms with Gasteiger partial charge in [-0.3, -0.25) is 0 Å². The van der Waals surface area contributed by atoms with E-state index in [1.807, 2.05) is 30.4 Å². The summed E-state index contributed by atoms with van der Waals surface area (Å²) < 4.78 is 6.77. The third kappa shape index (κ3) is 3.63. The Morgan fingerprint density at radius 3 is 2.58 bits per heavy atom. The number of nitrogens with zero attached hydrogens (tertiary/aromatic N) is 4. The van der Waals surface area contributed by atoms with E-state index in [9.17, 15) is 9.59 Å². The maximum absolute atomic E-state index is 12.4. The van der Waals surface area contributed by atoms with Gasteiger partial charge in [-0.25, -0.2) is 14.6 Å². The van der Waals surface area contributed by atoms with Crippen LogP contribution in [-0.2, 0) is 4.74 Å². The zero-order chi connectivity index (χ0) is 17.9. The van der Waals surface area contributed by atoms with Crippen LogP contribution < -0.4 is 5.73 Å². The third-order valence-corrected chi connectivity index (χ3v) is 4.51. The molecule has 0 unspecified atom stereocenters. The van der Waals surface area contributed by atoms with Gasteiger partial charge in [-0.1, -0.05) is 0 Å². The maximum atomic E-state index is 12.4. The number of urea groups is 1. The van der Waals surface area contributed by atoms with E-state index < -0.39 is 5.97 Å². The first kappa shape index (κ1) is 18.1. The summed E-state index contributed by atoms with van der Waals surface area (Å²) in [6, 6.07) is 0.356. The van der Waals surface area contributed by atoms with E-state index in [2.05, 4.69) is 4.98 Å². The number of piperidine rings is 1. The van der Waals surface area contributed by atoms with Crippen molar-refractivity contribution in [2.45, 2.75) is 45.7 Å². The second-order valence-electron chi connectivity index (χ2n) is 6.31. The van der Waals surface area contributed by atoms with Crippen molar-refractivity contribution in [2.75, 3.05) is 32.5 Å². The molecule has 8 heteroatoms. The van der Waals surface area contributed by atoms with E-state index in [1.54, 1.807) is 18.2 Å². The molecule has 2 N–H and O–H groups in total. The number of anilines is 1. The SMILES string of the molecule is CCOC(=O)c1ncn(C2CCN(C(=O)N(C)C(C)C)CC2)c1N. The summed E-state index contributed by atoms with van der Waals surface area (Å²) in [6.07, 6.45) is 3.14. The molecule has 1 fully saturated rings. The molecule has 1 saturated heterocycles. The molecule has 0 spiro atoms. The number of nitrogens with two attached hydrogens (primary N) is 1. The minimum absolute atomic E-state index is 0.0502. The van der Waals surface area contributed by atoms with Crippen LogP contribution in [-0.4, -0.2) is 64.1 Å². The first-order chi connectivity index (χ1) is 11.4. The van der Waals surface area contributed by atoms with Gasteiger partial charge in [-0.15, -0.1) is 0 Å². The first-order valence-electron chi connectivity index (χ1n) is 8.37. The Labute approximate surface area is 142 Å². The molecule has 0 aromatic carbocycles. The molecule has 2 heterocycles. The van der Waals surface area contributed by atoms with Crippen LogP contribution in [0.15, 0.2) is 6.33 Å². The molecular weight excluding hydrogens is 310 g/mol. The number of rotatable bonds is 4. The highest BCUT2D eigenvalue weighted by Gasteiger charge is 2.28. The number of esters is 1. The van der Waals surface area contributed by atoms with Crippen molar-refractivity contribution >= 4 is 17.8 Å². The van der Waals surface area contributed by atoms with Crippen molar-refractivity contribution in [3.8, 4) is 0 Å². The Hall–Kier alpha value is -2.25. The number of hydrogen-bond donors (Lipinski definition) is 1. The van der Waals surface area contributed by atoms with Gasteiger partial charge in [-0.2, -0.15) is 0 Å². The molecule has 0 aliphatic carbocycles. The Balaban J connectivity index is 2.00. The van der Waals surface area contributed by atoms with Crippen LogP contribution in [0.1, 0.15) is 50.1 Å². The fourth-order valence-corrected chi connectivity index (χ4v) is 2.80. The summed E-state index contributed by atoms with van der Waals surface area (Å²) in [4.78, 5) is 31.9. The molecule has 0 bridgehead atoms. The Morgan fingerprint density at radius 1 is 1.42 bits per heavy atom. The van der Waals surface area contributed by atoms with Gasteiger partial charge in [0, 0.05) is 32.2 Å². The van der Waals surface area contributed by atoms with Crippen molar-refractivity contribution < 1.29 is 14.3 Å². The molecule has 0 atom stereocenters. The monoisotopic (exact) mass is 337 g/mol. The largest absolute Gasteiger partial charge is 0.461 e. The fraction of sp³-hybridized carbons (Fsp3) is 0.688. The quantitative estimate of drug-likeness (QED) is 0.845. The third-order valence-electron chi connectivity index (χ3n) is 4.51. The van der Waals surface area contributed by atoms with Crippen LogP contribution in [0.25, 0.3) is 0 Å². The smallest absolute Gasteiger partial charge is 0.360 e. The number of aromatic nitrogens is 2. The van der Waals surface area contributed by atoms with Gasteiger partial charge in [0.05, 0.1) is 12.9 Å². The van der Waals surface area contributed by atoms with Gasteiger partial charge in [0.15, 0.2) is 5.69 Å². The Morgan fingerprint density at radius 2 is 2.04 bits per heavy atom. The second kappa shape index (κ2) is 7.55. The molecule has 2 rings (SSSR count). The number of likely N-dealkylation sites (tertiary alicyclic amines) is 1. The summed E-state index contributed by atoms with van der Waals surface area (Å²) in [7, 11) is 1.82. The first-order valence-corrected chi connectivity index (χ1v) is 8.37. The zero-order valence-corrected chi connectivity index (χ0v) is 14.9. The van der Waals surface area contributed by atoms with E-state index in [-0.39, 0.29) is 30.4 Å². The van der Waals surface area contributed by atoms with E-state index in [4.69, 9.17) is 10.5 Å². The van der Waals surface area contributed by atoms with Gasteiger partial charge < -0.3 is 24.8 Å². The standard InChI is InChI=1S/C16H27N5O3/c1-5-24-15(22)13-14(17)21(10-18-13)12-6-8-20(9-7-12)16(23)19(4)11(2)3/h10-12H,5-9,17H2,1-4H3. The highest BCUT2D eigenvalue weighted by Crippen LogP contribution is 2.27. The molecule has 2 amide bonds. The van der Waals surface area contributed by atoms with Crippen molar-refractivity contribution in [3.05, 3.63) is 12.0 Å². The lowest BCUT2D eigenvalue weighted by Crippen LogP contribution is -2.47. The van der Waals surface area contributed by atoms with Crippen LogP contribution >= 0.6 is 0 Å². The predicted octanol–water partition coefficient (Wildman–Crippen LogP) is 1.74. The zero-order valence-electron chi connectivity index (χ0n) is 14.9. The lowest BCUT2D eigenvalue weighted by atomic mass is 10.1. The van der Waals surface area contributed by atoms with Crippen LogP contribution in [0.2, 0.25) is 0 Å². The molecule has 0 radical (unpaired) electrons. The van der Waals surface area contributed by atoms with Gasteiger partial charge in [0.25, 0.3) is 0 Å². The summed E-state index contributed by atoms with van der Waals surface area (Å²) in [5.74, 6) is -0.169. The second-order valence-corrected chi connectivity index (χ2v) is 6.31. The Kier molecular flexibility index (Phi) is 5.69. The lowest BCUT2D eigenvalue weighted by Gasteiger charge is -2.36. The normalized spacial score (nSPS) is 15.6. The molecule has 1 aromatic heterocycles. The average molecular weight is 337 g/mol. The summed E-state index contributed by atoms with van der Waals surface area (Å²) in [5.41, 5.74) is 6.22. The van der Waals surface area contributed by atoms with Gasteiger partial charge in [0.1, 0.15) is 5.82 Å². The van der Waals surface area contributed by atoms with Crippen molar-refractivity contribution in [3.63, 3.8) is 0 Å². The maximum Gasteiger partial charge on any atom is 0.360 e. The Bertz CT molecular complexity index is 591. The van der Waals surface area contributed by atoms with Crippen molar-refractivity contribution in [1.82, 2.24) is 19.4 Å². The predicted molar refractivity (Wildman–Crippen MR) is 90.7 cm³/mol. The van der Waals surface area contributed by atoms with E-state index in [0.717, 1.165) is 12.8 Å². The fourth-order valence-electron chi connectivity index (χ4n) is 2.80.